The van der Waals surface area contributed by atoms with Gasteiger partial charge in [-0.15, -0.1) is 0 Å². The second kappa shape index (κ2) is 5.79. The number of phenolic OH excluding ortho intramolecular Hbond substituents is 2. The highest BCUT2D eigenvalue weighted by atomic mass is 16.3. The van der Waals surface area contributed by atoms with Crippen molar-refractivity contribution in [2.45, 2.75) is 0 Å². The lowest BCUT2D eigenvalue weighted by molar-refractivity contribution is 0.404. The summed E-state index contributed by atoms with van der Waals surface area (Å²) in [6.45, 7) is 0. The SMILES string of the molecule is O=c1[nH]c(-c2ccc(O)c(O)c2)nc2ccc(-c3ccccc3)cc12. The van der Waals surface area contributed by atoms with Gasteiger partial charge in [0.15, 0.2) is 11.5 Å². The Kier molecular flexibility index (Phi) is 3.47. The molecule has 0 saturated carbocycles. The van der Waals surface area contributed by atoms with E-state index in [0.717, 1.165) is 11.1 Å². The van der Waals surface area contributed by atoms with Gasteiger partial charge in [-0.1, -0.05) is 36.4 Å². The summed E-state index contributed by atoms with van der Waals surface area (Å²) < 4.78 is 0. The molecule has 0 bridgehead atoms. The van der Waals surface area contributed by atoms with Crippen LogP contribution in [0.5, 0.6) is 11.5 Å². The van der Waals surface area contributed by atoms with Crippen LogP contribution in [0, 0.1) is 0 Å². The number of H-pyrrole nitrogens is 1. The van der Waals surface area contributed by atoms with Gasteiger partial charge in [-0.2, -0.15) is 0 Å². The maximum atomic E-state index is 12.5. The molecule has 3 aromatic carbocycles. The van der Waals surface area contributed by atoms with E-state index in [-0.39, 0.29) is 17.1 Å². The topological polar surface area (TPSA) is 86.2 Å². The molecular weight excluding hydrogens is 316 g/mol. The minimum absolute atomic E-state index is 0.223. The second-order valence-corrected chi connectivity index (χ2v) is 5.72. The highest BCUT2D eigenvalue weighted by Crippen LogP contribution is 2.29. The minimum atomic E-state index is -0.264. The van der Waals surface area contributed by atoms with Crippen molar-refractivity contribution in [3.63, 3.8) is 0 Å². The monoisotopic (exact) mass is 330 g/mol. The molecule has 122 valence electrons. The molecule has 3 N–H and O–H groups in total. The zero-order chi connectivity index (χ0) is 17.4. The first-order chi connectivity index (χ1) is 12.1. The van der Waals surface area contributed by atoms with E-state index in [4.69, 9.17) is 0 Å². The summed E-state index contributed by atoms with van der Waals surface area (Å²) in [5.74, 6) is -0.153. The second-order valence-electron chi connectivity index (χ2n) is 5.72. The molecule has 5 heteroatoms. The number of nitrogens with one attached hydrogen (secondary N) is 1. The fourth-order valence-electron chi connectivity index (χ4n) is 2.76. The van der Waals surface area contributed by atoms with Crippen LogP contribution in [-0.2, 0) is 0 Å². The summed E-state index contributed by atoms with van der Waals surface area (Å²) in [6.07, 6.45) is 0. The molecule has 25 heavy (non-hydrogen) atoms. The predicted octanol–water partition coefficient (Wildman–Crippen LogP) is 3.67. The van der Waals surface area contributed by atoms with Gasteiger partial charge in [0.05, 0.1) is 10.9 Å². The molecule has 0 aliphatic carbocycles. The molecule has 0 saturated heterocycles. The smallest absolute Gasteiger partial charge is 0.259 e. The first-order valence-electron chi connectivity index (χ1n) is 7.74. The van der Waals surface area contributed by atoms with E-state index in [1.807, 2.05) is 42.5 Å². The highest BCUT2D eigenvalue weighted by molar-refractivity contribution is 5.85. The van der Waals surface area contributed by atoms with E-state index >= 15 is 0 Å². The Morgan fingerprint density at radius 1 is 0.760 bits per heavy atom. The summed E-state index contributed by atoms with van der Waals surface area (Å²) in [5, 5.41) is 19.5. The summed E-state index contributed by atoms with van der Waals surface area (Å²) in [7, 11) is 0. The number of aromatic nitrogens is 2. The first kappa shape index (κ1) is 15.0. The van der Waals surface area contributed by atoms with E-state index in [1.54, 1.807) is 12.1 Å². The molecule has 0 radical (unpaired) electrons. The first-order valence-corrected chi connectivity index (χ1v) is 7.74. The molecule has 5 nitrogen and oxygen atoms in total. The molecule has 0 unspecified atom stereocenters. The van der Waals surface area contributed by atoms with Crippen molar-refractivity contribution >= 4 is 10.9 Å². The maximum absolute atomic E-state index is 12.5. The van der Waals surface area contributed by atoms with Crippen LogP contribution in [0.1, 0.15) is 0 Å². The van der Waals surface area contributed by atoms with Gasteiger partial charge >= 0.3 is 0 Å². The van der Waals surface area contributed by atoms with Crippen molar-refractivity contribution in [1.82, 2.24) is 9.97 Å². The molecule has 4 rings (SSSR count). The Hall–Kier alpha value is -3.60. The standard InChI is InChI=1S/C20H14N2O3/c23-17-9-7-14(11-18(17)24)19-21-16-8-6-13(10-15(16)20(25)22-19)12-4-2-1-3-5-12/h1-11,23-24H,(H,21,22,25). The molecule has 1 aromatic heterocycles. The number of aromatic amines is 1. The molecule has 0 amide bonds. The van der Waals surface area contributed by atoms with Crippen LogP contribution in [0.3, 0.4) is 0 Å². The molecular formula is C20H14N2O3. The van der Waals surface area contributed by atoms with Gasteiger partial charge in [0.1, 0.15) is 5.82 Å². The van der Waals surface area contributed by atoms with Gasteiger partial charge in [0.25, 0.3) is 5.56 Å². The van der Waals surface area contributed by atoms with E-state index < -0.39 is 0 Å². The van der Waals surface area contributed by atoms with Crippen molar-refractivity contribution < 1.29 is 10.2 Å². The fourth-order valence-corrected chi connectivity index (χ4v) is 2.76. The third kappa shape index (κ3) is 2.72. The highest BCUT2D eigenvalue weighted by Gasteiger charge is 2.09. The Morgan fingerprint density at radius 2 is 1.52 bits per heavy atom. The number of aromatic hydroxyl groups is 2. The van der Waals surface area contributed by atoms with Gasteiger partial charge in [0, 0.05) is 5.56 Å². The molecule has 0 aliphatic heterocycles. The number of fused-ring (bicyclic) bond motifs is 1. The lowest BCUT2D eigenvalue weighted by atomic mass is 10.0. The summed E-state index contributed by atoms with van der Waals surface area (Å²) in [5.41, 5.74) is 2.78. The number of nitrogens with zero attached hydrogens (tertiary/aromatic N) is 1. The third-order valence-corrected chi connectivity index (χ3v) is 4.06. The molecule has 4 aromatic rings. The van der Waals surface area contributed by atoms with Crippen LogP contribution in [0.15, 0.2) is 71.5 Å². The molecule has 1 heterocycles. The molecule has 0 atom stereocenters. The zero-order valence-electron chi connectivity index (χ0n) is 13.1. The maximum Gasteiger partial charge on any atom is 0.259 e. The summed E-state index contributed by atoms with van der Waals surface area (Å²) >= 11 is 0. The average molecular weight is 330 g/mol. The van der Waals surface area contributed by atoms with Crippen LogP contribution in [0.4, 0.5) is 0 Å². The molecule has 0 fully saturated rings. The van der Waals surface area contributed by atoms with Crippen molar-refractivity contribution in [3.8, 4) is 34.0 Å². The number of hydrogen-bond donors (Lipinski definition) is 3. The Morgan fingerprint density at radius 3 is 2.28 bits per heavy atom. The van der Waals surface area contributed by atoms with E-state index in [0.29, 0.717) is 22.3 Å². The van der Waals surface area contributed by atoms with E-state index in [2.05, 4.69) is 9.97 Å². The number of phenols is 2. The quantitative estimate of drug-likeness (QED) is 0.490. The van der Waals surface area contributed by atoms with Crippen LogP contribution in [-0.4, -0.2) is 20.2 Å². The largest absolute Gasteiger partial charge is 0.504 e. The molecule has 0 aliphatic rings. The van der Waals surface area contributed by atoms with Gasteiger partial charge in [-0.3, -0.25) is 4.79 Å². The third-order valence-electron chi connectivity index (χ3n) is 4.06. The summed E-state index contributed by atoms with van der Waals surface area (Å²) in [6, 6.07) is 19.6. The number of hydrogen-bond acceptors (Lipinski definition) is 4. The normalized spacial score (nSPS) is 10.9. The van der Waals surface area contributed by atoms with Crippen LogP contribution >= 0.6 is 0 Å². The predicted molar refractivity (Wildman–Crippen MR) is 96.6 cm³/mol. The Labute approximate surface area is 142 Å². The van der Waals surface area contributed by atoms with Crippen molar-refractivity contribution in [3.05, 3.63) is 77.1 Å². The Bertz CT molecular complexity index is 1130. The van der Waals surface area contributed by atoms with Crippen LogP contribution in [0.2, 0.25) is 0 Å². The van der Waals surface area contributed by atoms with Gasteiger partial charge in [0.2, 0.25) is 0 Å². The Balaban J connectivity index is 1.86. The van der Waals surface area contributed by atoms with Crippen molar-refractivity contribution in [1.29, 1.82) is 0 Å². The number of benzene rings is 3. The van der Waals surface area contributed by atoms with E-state index in [9.17, 15) is 15.0 Å². The fraction of sp³-hybridized carbons (Fsp3) is 0. The lowest BCUT2D eigenvalue weighted by Gasteiger charge is -2.07. The average Bonchev–Trinajstić information content (AvgIpc) is 2.64. The van der Waals surface area contributed by atoms with Crippen molar-refractivity contribution in [2.75, 3.05) is 0 Å². The van der Waals surface area contributed by atoms with Crippen LogP contribution in [0.25, 0.3) is 33.4 Å². The zero-order valence-corrected chi connectivity index (χ0v) is 13.1. The van der Waals surface area contributed by atoms with Gasteiger partial charge < -0.3 is 15.2 Å². The lowest BCUT2D eigenvalue weighted by Crippen LogP contribution is -2.09. The van der Waals surface area contributed by atoms with Gasteiger partial charge in [-0.05, 0) is 41.5 Å². The van der Waals surface area contributed by atoms with Crippen LogP contribution < -0.4 is 5.56 Å². The number of rotatable bonds is 2. The molecule has 0 spiro atoms. The van der Waals surface area contributed by atoms with Gasteiger partial charge in [-0.25, -0.2) is 4.98 Å². The van der Waals surface area contributed by atoms with E-state index in [1.165, 1.54) is 12.1 Å². The minimum Gasteiger partial charge on any atom is -0.504 e. The van der Waals surface area contributed by atoms with Crippen molar-refractivity contribution in [2.24, 2.45) is 0 Å². The summed E-state index contributed by atoms with van der Waals surface area (Å²) in [4.78, 5) is 19.7.